The maximum absolute atomic E-state index is 13.4. The van der Waals surface area contributed by atoms with Gasteiger partial charge in [0.25, 0.3) is 0 Å². The molecule has 202 valence electrons. The van der Waals surface area contributed by atoms with Crippen molar-refractivity contribution in [3.8, 4) is 28.4 Å². The number of hydrogen-bond acceptors (Lipinski definition) is 6. The van der Waals surface area contributed by atoms with Gasteiger partial charge in [0.2, 0.25) is 21.9 Å². The summed E-state index contributed by atoms with van der Waals surface area (Å²) in [6.45, 7) is 2.10. The van der Waals surface area contributed by atoms with Gasteiger partial charge in [-0.15, -0.1) is 0 Å². The van der Waals surface area contributed by atoms with E-state index in [1.807, 2.05) is 67.7 Å². The SMILES string of the molecule is CCOc1cccc(-n2cc(-c3ccccc3)nc2NC(=O)CN(C2CC2)S(=O)(=O)c2ccc(OC)cc2)c1. The zero-order valence-corrected chi connectivity index (χ0v) is 22.6. The van der Waals surface area contributed by atoms with Crippen molar-refractivity contribution < 1.29 is 22.7 Å². The Hall–Kier alpha value is -4.15. The zero-order chi connectivity index (χ0) is 27.4. The van der Waals surface area contributed by atoms with Gasteiger partial charge < -0.3 is 9.47 Å². The number of rotatable bonds is 11. The van der Waals surface area contributed by atoms with Crippen LogP contribution in [0.3, 0.4) is 0 Å². The van der Waals surface area contributed by atoms with Crippen LogP contribution in [0.5, 0.6) is 11.5 Å². The Morgan fingerprint density at radius 3 is 2.44 bits per heavy atom. The summed E-state index contributed by atoms with van der Waals surface area (Å²) in [4.78, 5) is 18.1. The number of imidazole rings is 1. The Morgan fingerprint density at radius 2 is 1.77 bits per heavy atom. The zero-order valence-electron chi connectivity index (χ0n) is 21.8. The van der Waals surface area contributed by atoms with Crippen LogP contribution in [-0.4, -0.2) is 54.5 Å². The molecule has 0 aliphatic heterocycles. The van der Waals surface area contributed by atoms with E-state index in [4.69, 9.17) is 9.47 Å². The highest BCUT2D eigenvalue weighted by molar-refractivity contribution is 7.89. The maximum atomic E-state index is 13.4. The third kappa shape index (κ3) is 5.97. The van der Waals surface area contributed by atoms with Crippen molar-refractivity contribution in [2.75, 3.05) is 25.6 Å². The molecule has 9 nitrogen and oxygen atoms in total. The van der Waals surface area contributed by atoms with Gasteiger partial charge in [0, 0.05) is 23.9 Å². The molecule has 0 bridgehead atoms. The van der Waals surface area contributed by atoms with Crippen LogP contribution in [-0.2, 0) is 14.8 Å². The molecule has 0 atom stereocenters. The predicted octanol–water partition coefficient (Wildman–Crippen LogP) is 4.74. The number of aromatic nitrogens is 2. The fourth-order valence-electron chi connectivity index (χ4n) is 4.26. The first-order chi connectivity index (χ1) is 18.9. The first-order valence-electron chi connectivity index (χ1n) is 12.7. The number of ether oxygens (including phenoxy) is 2. The van der Waals surface area contributed by atoms with E-state index in [1.165, 1.54) is 23.5 Å². The molecule has 0 radical (unpaired) electrons. The molecule has 1 heterocycles. The normalized spacial score (nSPS) is 13.3. The Bertz CT molecular complexity index is 1550. The summed E-state index contributed by atoms with van der Waals surface area (Å²) in [7, 11) is -2.37. The minimum absolute atomic E-state index is 0.114. The van der Waals surface area contributed by atoms with Crippen LogP contribution in [0.1, 0.15) is 19.8 Å². The first kappa shape index (κ1) is 26.5. The van der Waals surface area contributed by atoms with E-state index in [-0.39, 0.29) is 23.4 Å². The van der Waals surface area contributed by atoms with E-state index in [0.29, 0.717) is 36.6 Å². The molecule has 1 fully saturated rings. The smallest absolute Gasteiger partial charge is 0.243 e. The molecule has 1 saturated carbocycles. The number of amides is 1. The fourth-order valence-corrected chi connectivity index (χ4v) is 5.91. The van der Waals surface area contributed by atoms with Crippen LogP contribution >= 0.6 is 0 Å². The Kier molecular flexibility index (Phi) is 7.67. The van der Waals surface area contributed by atoms with Crippen LogP contribution in [0.25, 0.3) is 16.9 Å². The summed E-state index contributed by atoms with van der Waals surface area (Å²) >= 11 is 0. The number of carbonyl (C=O) groups excluding carboxylic acids is 1. The molecular formula is C29H30N4O5S. The van der Waals surface area contributed by atoms with Crippen LogP contribution in [0.2, 0.25) is 0 Å². The van der Waals surface area contributed by atoms with Crippen molar-refractivity contribution in [1.82, 2.24) is 13.9 Å². The second-order valence-electron chi connectivity index (χ2n) is 9.12. The molecule has 5 rings (SSSR count). The van der Waals surface area contributed by atoms with Crippen molar-refractivity contribution in [3.05, 3.63) is 85.1 Å². The number of nitrogens with zero attached hydrogens (tertiary/aromatic N) is 3. The summed E-state index contributed by atoms with van der Waals surface area (Å²) in [5.41, 5.74) is 2.29. The summed E-state index contributed by atoms with van der Waals surface area (Å²) in [5, 5.41) is 2.85. The number of hydrogen-bond donors (Lipinski definition) is 1. The number of benzene rings is 3. The maximum Gasteiger partial charge on any atom is 0.243 e. The lowest BCUT2D eigenvalue weighted by atomic mass is 10.2. The van der Waals surface area contributed by atoms with Crippen molar-refractivity contribution in [3.63, 3.8) is 0 Å². The summed E-state index contributed by atoms with van der Waals surface area (Å²) in [5.74, 6) is 1.04. The lowest BCUT2D eigenvalue weighted by molar-refractivity contribution is -0.116. The summed E-state index contributed by atoms with van der Waals surface area (Å²) < 4.78 is 40.7. The van der Waals surface area contributed by atoms with Gasteiger partial charge in [-0.05, 0) is 56.2 Å². The van der Waals surface area contributed by atoms with E-state index < -0.39 is 15.9 Å². The van der Waals surface area contributed by atoms with Gasteiger partial charge in [-0.1, -0.05) is 36.4 Å². The third-order valence-electron chi connectivity index (χ3n) is 6.35. The van der Waals surface area contributed by atoms with Crippen molar-refractivity contribution >= 4 is 21.9 Å². The molecule has 0 saturated heterocycles. The monoisotopic (exact) mass is 546 g/mol. The lowest BCUT2D eigenvalue weighted by Crippen LogP contribution is -2.39. The Morgan fingerprint density at radius 1 is 1.03 bits per heavy atom. The molecule has 1 aliphatic carbocycles. The van der Waals surface area contributed by atoms with Crippen LogP contribution in [0.15, 0.2) is 90.0 Å². The first-order valence-corrected chi connectivity index (χ1v) is 14.2. The van der Waals surface area contributed by atoms with E-state index >= 15 is 0 Å². The molecule has 39 heavy (non-hydrogen) atoms. The van der Waals surface area contributed by atoms with Crippen LogP contribution in [0, 0.1) is 0 Å². The van der Waals surface area contributed by atoms with Crippen molar-refractivity contribution in [1.29, 1.82) is 0 Å². The predicted molar refractivity (Wildman–Crippen MR) is 149 cm³/mol. The average molecular weight is 547 g/mol. The number of methoxy groups -OCH3 is 1. The number of carbonyl (C=O) groups is 1. The molecule has 0 unspecified atom stereocenters. The summed E-state index contributed by atoms with van der Waals surface area (Å²) in [6.07, 6.45) is 3.25. The van der Waals surface area contributed by atoms with Gasteiger partial charge in [0.1, 0.15) is 11.5 Å². The number of nitrogens with one attached hydrogen (secondary N) is 1. The van der Waals surface area contributed by atoms with Gasteiger partial charge in [0.15, 0.2) is 0 Å². The number of sulfonamides is 1. The van der Waals surface area contributed by atoms with Gasteiger partial charge in [0.05, 0.1) is 36.5 Å². The topological polar surface area (TPSA) is 103 Å². The Balaban J connectivity index is 1.43. The molecule has 10 heteroatoms. The minimum atomic E-state index is -3.89. The minimum Gasteiger partial charge on any atom is -0.497 e. The second kappa shape index (κ2) is 11.3. The molecule has 4 aromatic rings. The third-order valence-corrected chi connectivity index (χ3v) is 8.27. The fraction of sp³-hybridized carbons (Fsp3) is 0.241. The Labute approximate surface area is 228 Å². The average Bonchev–Trinajstić information content (AvgIpc) is 3.71. The number of anilines is 1. The standard InChI is InChI=1S/C29H30N4O5S/c1-3-38-25-11-7-10-23(18-25)32-19-27(21-8-5-4-6-9-21)30-29(32)31-28(34)20-33(22-12-13-22)39(35,36)26-16-14-24(37-2)15-17-26/h4-11,14-19,22H,3,12-13,20H2,1-2H3,(H,30,31,34). The van der Waals surface area contributed by atoms with Crippen LogP contribution in [0.4, 0.5) is 5.95 Å². The van der Waals surface area contributed by atoms with Crippen molar-refractivity contribution in [2.45, 2.75) is 30.7 Å². The molecule has 1 N–H and O–H groups in total. The van der Waals surface area contributed by atoms with Gasteiger partial charge in [-0.2, -0.15) is 4.31 Å². The molecular weight excluding hydrogens is 516 g/mol. The molecule has 1 aromatic heterocycles. The van der Waals surface area contributed by atoms with Gasteiger partial charge in [-0.25, -0.2) is 13.4 Å². The summed E-state index contributed by atoms with van der Waals surface area (Å²) in [6, 6.07) is 23.1. The van der Waals surface area contributed by atoms with E-state index in [1.54, 1.807) is 16.7 Å². The second-order valence-corrected chi connectivity index (χ2v) is 11.0. The van der Waals surface area contributed by atoms with Crippen LogP contribution < -0.4 is 14.8 Å². The van der Waals surface area contributed by atoms with E-state index in [2.05, 4.69) is 10.3 Å². The molecule has 1 amide bonds. The largest absolute Gasteiger partial charge is 0.497 e. The lowest BCUT2D eigenvalue weighted by Gasteiger charge is -2.21. The van der Waals surface area contributed by atoms with Crippen molar-refractivity contribution in [2.24, 2.45) is 0 Å². The molecule has 3 aromatic carbocycles. The van der Waals surface area contributed by atoms with Gasteiger partial charge >= 0.3 is 0 Å². The highest BCUT2D eigenvalue weighted by Crippen LogP contribution is 2.33. The highest BCUT2D eigenvalue weighted by Gasteiger charge is 2.39. The highest BCUT2D eigenvalue weighted by atomic mass is 32.2. The molecule has 0 spiro atoms. The quantitative estimate of drug-likeness (QED) is 0.292. The van der Waals surface area contributed by atoms with E-state index in [0.717, 1.165) is 11.3 Å². The van der Waals surface area contributed by atoms with E-state index in [9.17, 15) is 13.2 Å². The van der Waals surface area contributed by atoms with Gasteiger partial charge in [-0.3, -0.25) is 14.7 Å². The molecule has 1 aliphatic rings.